The Morgan fingerprint density at radius 1 is 1.67 bits per heavy atom. The minimum atomic E-state index is -2.31. The van der Waals surface area contributed by atoms with Gasteiger partial charge in [0, 0.05) is 11.8 Å². The lowest BCUT2D eigenvalue weighted by molar-refractivity contribution is 0.614. The maximum absolute atomic E-state index is 10.1. The molecule has 0 saturated carbocycles. The highest BCUT2D eigenvalue weighted by molar-refractivity contribution is 7.71. The molecule has 0 aliphatic rings. The number of rotatable bonds is 2. The zero-order valence-electron chi connectivity index (χ0n) is 4.57. The summed E-state index contributed by atoms with van der Waals surface area (Å²) in [7, 11) is -2.31. The molecule has 1 heterocycles. The van der Waals surface area contributed by atoms with Gasteiger partial charge in [0.1, 0.15) is 10.7 Å². The molecule has 50 valence electrons. The minimum absolute atomic E-state index is 0.0752. The molecule has 1 aromatic rings. The lowest BCUT2D eigenvalue weighted by atomic mass is 10.4. The van der Waals surface area contributed by atoms with E-state index in [1.54, 1.807) is 6.20 Å². The van der Waals surface area contributed by atoms with Crippen molar-refractivity contribution in [3.8, 4) is 0 Å². The van der Waals surface area contributed by atoms with Gasteiger partial charge in [-0.25, -0.2) is 8.42 Å². The Hall–Kier alpha value is -0.840. The first-order valence-electron chi connectivity index (χ1n) is 2.38. The summed E-state index contributed by atoms with van der Waals surface area (Å²) in [6.07, 6.45) is 3.05. The van der Waals surface area contributed by atoms with Gasteiger partial charge in [-0.1, -0.05) is 0 Å². The third-order valence-corrected chi connectivity index (χ3v) is 1.49. The fraction of sp³-hybridized carbons (Fsp3) is 0.250. The number of aromatic amines is 1. The summed E-state index contributed by atoms with van der Waals surface area (Å²) < 4.78 is 20.1. The number of nitrogens with zero attached hydrogens (tertiary/aromatic N) is 1. The zero-order valence-corrected chi connectivity index (χ0v) is 5.47. The van der Waals surface area contributed by atoms with Crippen LogP contribution in [-0.4, -0.2) is 18.6 Å². The first kappa shape index (κ1) is 6.28. The molecule has 0 unspecified atom stereocenters. The van der Waals surface area contributed by atoms with Crippen LogP contribution in [0.25, 0.3) is 0 Å². The molecule has 1 N–H and O–H groups in total. The average molecular weight is 146 g/mol. The van der Waals surface area contributed by atoms with Gasteiger partial charge >= 0.3 is 0 Å². The first-order chi connectivity index (χ1) is 4.29. The molecule has 0 aliphatic heterocycles. The summed E-state index contributed by atoms with van der Waals surface area (Å²) in [6.45, 7) is 0. The van der Waals surface area contributed by atoms with Crippen molar-refractivity contribution >= 4 is 10.7 Å². The molecular formula is C4H6N2O2S. The molecule has 1 aromatic heterocycles. The molecule has 4 nitrogen and oxygen atoms in total. The van der Waals surface area contributed by atoms with Gasteiger partial charge in [0.2, 0.25) is 0 Å². The summed E-state index contributed by atoms with van der Waals surface area (Å²) in [4.78, 5) is 0. The van der Waals surface area contributed by atoms with Crippen molar-refractivity contribution in [3.05, 3.63) is 18.0 Å². The van der Waals surface area contributed by atoms with Crippen LogP contribution in [0.2, 0.25) is 0 Å². The second-order valence-electron chi connectivity index (χ2n) is 1.60. The minimum Gasteiger partial charge on any atom is -0.285 e. The van der Waals surface area contributed by atoms with E-state index in [-0.39, 0.29) is 5.75 Å². The first-order valence-corrected chi connectivity index (χ1v) is 3.75. The van der Waals surface area contributed by atoms with Crippen LogP contribution in [-0.2, 0) is 16.5 Å². The Morgan fingerprint density at radius 3 is 2.89 bits per heavy atom. The highest BCUT2D eigenvalue weighted by atomic mass is 32.2. The maximum atomic E-state index is 10.1. The number of hydrogen-bond acceptors (Lipinski definition) is 3. The fourth-order valence-corrected chi connectivity index (χ4v) is 0.984. The normalized spacial score (nSPS) is 10.3. The molecule has 0 spiro atoms. The van der Waals surface area contributed by atoms with Gasteiger partial charge in [-0.3, -0.25) is 5.10 Å². The monoisotopic (exact) mass is 146 g/mol. The van der Waals surface area contributed by atoms with Gasteiger partial charge in [-0.15, -0.1) is 0 Å². The second-order valence-corrected chi connectivity index (χ2v) is 2.58. The summed E-state index contributed by atoms with van der Waals surface area (Å²) in [5.74, 6) is 0.0752. The Labute approximate surface area is 53.9 Å². The van der Waals surface area contributed by atoms with Crippen LogP contribution in [0.15, 0.2) is 12.4 Å². The van der Waals surface area contributed by atoms with Crippen LogP contribution in [0.5, 0.6) is 0 Å². The van der Waals surface area contributed by atoms with Gasteiger partial charge in [0.25, 0.3) is 0 Å². The standard InChI is InChI=1S/C4H6N2O2S/c7-9(8)3-4-1-5-6-2-4/h1-2,9H,3H2,(H,5,6). The molecule has 5 heteroatoms. The second kappa shape index (κ2) is 2.63. The largest absolute Gasteiger partial charge is 0.285 e. The summed E-state index contributed by atoms with van der Waals surface area (Å²) in [6, 6.07) is 0. The third kappa shape index (κ3) is 1.85. The van der Waals surface area contributed by atoms with E-state index in [9.17, 15) is 8.42 Å². The van der Waals surface area contributed by atoms with Crippen molar-refractivity contribution in [2.45, 2.75) is 5.75 Å². The number of H-pyrrole nitrogens is 1. The molecule has 0 radical (unpaired) electrons. The molecule has 1 rings (SSSR count). The summed E-state index contributed by atoms with van der Waals surface area (Å²) in [5.41, 5.74) is 0.700. The van der Waals surface area contributed by atoms with Gasteiger partial charge < -0.3 is 0 Å². The number of hydrogen-bond donors (Lipinski definition) is 2. The van der Waals surface area contributed by atoms with E-state index in [4.69, 9.17) is 0 Å². The van der Waals surface area contributed by atoms with Crippen LogP contribution in [0, 0.1) is 0 Å². The predicted molar refractivity (Wildman–Crippen MR) is 32.6 cm³/mol. The molecule has 0 saturated heterocycles. The third-order valence-electron chi connectivity index (χ3n) is 0.867. The molecule has 0 aromatic carbocycles. The van der Waals surface area contributed by atoms with Crippen molar-refractivity contribution in [2.24, 2.45) is 0 Å². The van der Waals surface area contributed by atoms with E-state index >= 15 is 0 Å². The fourth-order valence-electron chi connectivity index (χ4n) is 0.513. The maximum Gasteiger partial charge on any atom is 0.144 e. The summed E-state index contributed by atoms with van der Waals surface area (Å²) in [5, 5.41) is 6.10. The van der Waals surface area contributed by atoms with Crippen molar-refractivity contribution in [1.82, 2.24) is 10.2 Å². The smallest absolute Gasteiger partial charge is 0.144 e. The van der Waals surface area contributed by atoms with Crippen molar-refractivity contribution in [1.29, 1.82) is 0 Å². The number of aromatic nitrogens is 2. The van der Waals surface area contributed by atoms with E-state index in [0.29, 0.717) is 5.56 Å². The Kier molecular flexibility index (Phi) is 1.84. The van der Waals surface area contributed by atoms with E-state index in [2.05, 4.69) is 10.2 Å². The van der Waals surface area contributed by atoms with Gasteiger partial charge in [-0.05, 0) is 0 Å². The highest BCUT2D eigenvalue weighted by Gasteiger charge is 1.92. The molecule has 0 amide bonds. The van der Waals surface area contributed by atoms with Crippen LogP contribution in [0.3, 0.4) is 0 Å². The average Bonchev–Trinajstić information content (AvgIpc) is 2.15. The van der Waals surface area contributed by atoms with Crippen molar-refractivity contribution in [2.75, 3.05) is 0 Å². The lowest BCUT2D eigenvalue weighted by Gasteiger charge is -1.78. The van der Waals surface area contributed by atoms with Crippen LogP contribution >= 0.6 is 0 Å². The van der Waals surface area contributed by atoms with Crippen molar-refractivity contribution in [3.63, 3.8) is 0 Å². The van der Waals surface area contributed by atoms with Gasteiger partial charge in [-0.2, -0.15) is 5.10 Å². The number of nitrogens with one attached hydrogen (secondary N) is 1. The van der Waals surface area contributed by atoms with E-state index in [1.165, 1.54) is 6.20 Å². The quantitative estimate of drug-likeness (QED) is 0.554. The molecule has 0 atom stereocenters. The van der Waals surface area contributed by atoms with Gasteiger partial charge in [0.05, 0.1) is 11.9 Å². The lowest BCUT2D eigenvalue weighted by Crippen LogP contribution is -1.81. The molecule has 0 aliphatic carbocycles. The molecule has 0 fully saturated rings. The Balaban J connectivity index is 2.68. The molecule has 9 heavy (non-hydrogen) atoms. The summed E-state index contributed by atoms with van der Waals surface area (Å²) >= 11 is 0. The molecular weight excluding hydrogens is 140 g/mol. The van der Waals surface area contributed by atoms with E-state index < -0.39 is 10.7 Å². The zero-order chi connectivity index (χ0) is 6.69. The SMILES string of the molecule is O=[SH](=O)Cc1cn[nH]c1. The van der Waals surface area contributed by atoms with Crippen LogP contribution in [0.4, 0.5) is 0 Å². The van der Waals surface area contributed by atoms with Crippen LogP contribution in [0.1, 0.15) is 5.56 Å². The van der Waals surface area contributed by atoms with Gasteiger partial charge in [0.15, 0.2) is 0 Å². The van der Waals surface area contributed by atoms with Crippen LogP contribution < -0.4 is 0 Å². The highest BCUT2D eigenvalue weighted by Crippen LogP contribution is 1.93. The number of thiol groups is 1. The predicted octanol–water partition coefficient (Wildman–Crippen LogP) is -0.479. The Bertz CT molecular complexity index is 231. The molecule has 0 bridgehead atoms. The Morgan fingerprint density at radius 2 is 2.44 bits per heavy atom. The van der Waals surface area contributed by atoms with E-state index in [1.807, 2.05) is 0 Å². The van der Waals surface area contributed by atoms with E-state index in [0.717, 1.165) is 0 Å². The topological polar surface area (TPSA) is 62.8 Å². The van der Waals surface area contributed by atoms with Crippen molar-refractivity contribution < 1.29 is 8.42 Å².